The zero-order chi connectivity index (χ0) is 14.3. The number of hydrogen-bond acceptors (Lipinski definition) is 3. The molecule has 0 aromatic carbocycles. The van der Waals surface area contributed by atoms with E-state index in [4.69, 9.17) is 0 Å². The van der Waals surface area contributed by atoms with E-state index in [1.54, 1.807) is 0 Å². The Bertz CT molecular complexity index is 597. The lowest BCUT2D eigenvalue weighted by Gasteiger charge is -2.18. The zero-order valence-corrected chi connectivity index (χ0v) is 11.7. The Morgan fingerprint density at radius 2 is 2.10 bits per heavy atom. The number of pyridine rings is 1. The SMILES string of the molecule is CC(F)C1(C)N=C(c2ccc3c(n2)CCCC3)NC1=O. The fraction of sp³-hybridized carbons (Fsp3) is 0.533. The summed E-state index contributed by atoms with van der Waals surface area (Å²) in [5.41, 5.74) is 1.63. The van der Waals surface area contributed by atoms with Crippen LogP contribution >= 0.6 is 0 Å². The van der Waals surface area contributed by atoms with Crippen molar-refractivity contribution < 1.29 is 9.18 Å². The van der Waals surface area contributed by atoms with E-state index in [0.29, 0.717) is 11.5 Å². The fourth-order valence-electron chi connectivity index (χ4n) is 2.65. The summed E-state index contributed by atoms with van der Waals surface area (Å²) in [4.78, 5) is 20.7. The second-order valence-corrected chi connectivity index (χ2v) is 5.69. The van der Waals surface area contributed by atoms with E-state index in [1.807, 2.05) is 12.1 Å². The molecule has 1 aliphatic heterocycles. The highest BCUT2D eigenvalue weighted by atomic mass is 19.1. The van der Waals surface area contributed by atoms with Gasteiger partial charge < -0.3 is 5.32 Å². The van der Waals surface area contributed by atoms with Crippen molar-refractivity contribution in [3.8, 4) is 0 Å². The van der Waals surface area contributed by atoms with E-state index >= 15 is 0 Å². The predicted octanol–water partition coefficient (Wildman–Crippen LogP) is 1.95. The lowest BCUT2D eigenvalue weighted by atomic mass is 9.96. The Balaban J connectivity index is 1.96. The van der Waals surface area contributed by atoms with E-state index in [1.165, 1.54) is 25.8 Å². The number of aromatic nitrogens is 1. The van der Waals surface area contributed by atoms with Crippen LogP contribution in [0.5, 0.6) is 0 Å². The maximum absolute atomic E-state index is 13.6. The lowest BCUT2D eigenvalue weighted by molar-refractivity contribution is -0.125. The third kappa shape index (κ3) is 2.01. The molecule has 1 aliphatic carbocycles. The Hall–Kier alpha value is -1.78. The van der Waals surface area contributed by atoms with Gasteiger partial charge in [0.25, 0.3) is 5.91 Å². The van der Waals surface area contributed by atoms with Gasteiger partial charge in [0, 0.05) is 5.69 Å². The molecule has 1 N–H and O–H groups in total. The number of amides is 1. The molecular weight excluding hydrogens is 257 g/mol. The standard InChI is InChI=1S/C15H18FN3O/c1-9(16)15(2)14(20)18-13(19-15)12-8-7-10-5-3-4-6-11(10)17-12/h7-9H,3-6H2,1-2H3,(H,18,19,20). The zero-order valence-electron chi connectivity index (χ0n) is 11.7. The van der Waals surface area contributed by atoms with Gasteiger partial charge in [-0.3, -0.25) is 4.79 Å². The Morgan fingerprint density at radius 3 is 2.80 bits per heavy atom. The normalized spacial score (nSPS) is 26.8. The monoisotopic (exact) mass is 275 g/mol. The molecule has 2 heterocycles. The molecule has 3 rings (SSSR count). The van der Waals surface area contributed by atoms with Gasteiger partial charge in [0.2, 0.25) is 0 Å². The first-order chi connectivity index (χ1) is 9.50. The molecule has 2 aliphatic rings. The first-order valence-electron chi connectivity index (χ1n) is 7.05. The van der Waals surface area contributed by atoms with Crippen LogP contribution in [0.3, 0.4) is 0 Å². The summed E-state index contributed by atoms with van der Waals surface area (Å²) < 4.78 is 13.6. The molecule has 1 aromatic rings. The van der Waals surface area contributed by atoms with E-state index in [9.17, 15) is 9.18 Å². The van der Waals surface area contributed by atoms with Crippen molar-refractivity contribution in [3.63, 3.8) is 0 Å². The number of aliphatic imine (C=N–C) groups is 1. The summed E-state index contributed by atoms with van der Waals surface area (Å²) in [5, 5.41) is 2.66. The number of carbonyl (C=O) groups excluding carboxylic acids is 1. The van der Waals surface area contributed by atoms with Gasteiger partial charge in [0.15, 0.2) is 11.4 Å². The molecule has 4 nitrogen and oxygen atoms in total. The smallest absolute Gasteiger partial charge is 0.256 e. The largest absolute Gasteiger partial charge is 0.307 e. The molecule has 2 unspecified atom stereocenters. The van der Waals surface area contributed by atoms with Crippen molar-refractivity contribution in [2.24, 2.45) is 4.99 Å². The van der Waals surface area contributed by atoms with E-state index in [0.717, 1.165) is 25.0 Å². The average molecular weight is 275 g/mol. The van der Waals surface area contributed by atoms with Crippen molar-refractivity contribution in [1.29, 1.82) is 0 Å². The van der Waals surface area contributed by atoms with Crippen LogP contribution in [0.1, 0.15) is 43.6 Å². The van der Waals surface area contributed by atoms with Gasteiger partial charge in [0.1, 0.15) is 11.9 Å². The number of aryl methyl sites for hydroxylation is 2. The number of hydrogen-bond donors (Lipinski definition) is 1. The maximum Gasteiger partial charge on any atom is 0.256 e. The van der Waals surface area contributed by atoms with Gasteiger partial charge in [0.05, 0.1) is 0 Å². The molecule has 0 fully saturated rings. The predicted molar refractivity (Wildman–Crippen MR) is 74.5 cm³/mol. The van der Waals surface area contributed by atoms with Gasteiger partial charge in [-0.1, -0.05) is 6.07 Å². The van der Waals surface area contributed by atoms with Gasteiger partial charge in [-0.2, -0.15) is 0 Å². The van der Waals surface area contributed by atoms with Crippen LogP contribution in [0, 0.1) is 0 Å². The molecule has 20 heavy (non-hydrogen) atoms. The van der Waals surface area contributed by atoms with Crippen LogP contribution in [0.15, 0.2) is 17.1 Å². The molecule has 1 aromatic heterocycles. The number of rotatable bonds is 2. The summed E-state index contributed by atoms with van der Waals surface area (Å²) in [7, 11) is 0. The second-order valence-electron chi connectivity index (χ2n) is 5.69. The van der Waals surface area contributed by atoms with Crippen LogP contribution in [-0.4, -0.2) is 28.4 Å². The summed E-state index contributed by atoms with van der Waals surface area (Å²) in [6.45, 7) is 2.87. The maximum atomic E-state index is 13.6. The molecule has 0 saturated heterocycles. The number of alkyl halides is 1. The van der Waals surface area contributed by atoms with Crippen LogP contribution in [0.25, 0.3) is 0 Å². The molecule has 2 atom stereocenters. The van der Waals surface area contributed by atoms with Crippen molar-refractivity contribution in [2.75, 3.05) is 0 Å². The number of carbonyl (C=O) groups is 1. The highest BCUT2D eigenvalue weighted by Crippen LogP contribution is 2.25. The first-order valence-corrected chi connectivity index (χ1v) is 7.05. The van der Waals surface area contributed by atoms with Crippen molar-refractivity contribution >= 4 is 11.7 Å². The quantitative estimate of drug-likeness (QED) is 0.897. The van der Waals surface area contributed by atoms with Gasteiger partial charge in [-0.05, 0) is 51.2 Å². The molecule has 1 amide bonds. The second kappa shape index (κ2) is 4.65. The summed E-state index contributed by atoms with van der Waals surface area (Å²) in [6, 6.07) is 3.90. The van der Waals surface area contributed by atoms with Crippen LogP contribution in [0.4, 0.5) is 4.39 Å². The van der Waals surface area contributed by atoms with Crippen LogP contribution < -0.4 is 5.32 Å². The molecule has 0 saturated carbocycles. The number of amidine groups is 1. The van der Waals surface area contributed by atoms with E-state index in [-0.39, 0.29) is 0 Å². The molecule has 0 radical (unpaired) electrons. The molecule has 5 heteroatoms. The molecule has 0 bridgehead atoms. The number of fused-ring (bicyclic) bond motifs is 1. The first kappa shape index (κ1) is 13.2. The van der Waals surface area contributed by atoms with Crippen molar-refractivity contribution in [1.82, 2.24) is 10.3 Å². The minimum atomic E-state index is -1.34. The Kier molecular flexibility index (Phi) is 3.07. The highest BCUT2D eigenvalue weighted by Gasteiger charge is 2.44. The number of nitrogens with zero attached hydrogens (tertiary/aromatic N) is 2. The molecule has 106 valence electrons. The summed E-state index contributed by atoms with van der Waals surface area (Å²) in [5.74, 6) is -0.0163. The fourth-order valence-corrected chi connectivity index (χ4v) is 2.65. The summed E-state index contributed by atoms with van der Waals surface area (Å²) >= 11 is 0. The highest BCUT2D eigenvalue weighted by molar-refractivity contribution is 6.14. The molecular formula is C15H18FN3O. The van der Waals surface area contributed by atoms with Gasteiger partial charge in [-0.15, -0.1) is 0 Å². The van der Waals surface area contributed by atoms with Crippen LogP contribution in [0.2, 0.25) is 0 Å². The van der Waals surface area contributed by atoms with E-state index < -0.39 is 17.6 Å². The van der Waals surface area contributed by atoms with E-state index in [2.05, 4.69) is 15.3 Å². The topological polar surface area (TPSA) is 54.4 Å². The van der Waals surface area contributed by atoms with Gasteiger partial charge >= 0.3 is 0 Å². The van der Waals surface area contributed by atoms with Crippen molar-refractivity contribution in [2.45, 2.75) is 51.2 Å². The van der Waals surface area contributed by atoms with Gasteiger partial charge in [-0.25, -0.2) is 14.4 Å². The Labute approximate surface area is 117 Å². The van der Waals surface area contributed by atoms with Crippen LogP contribution in [-0.2, 0) is 17.6 Å². The molecule has 0 spiro atoms. The minimum absolute atomic E-state index is 0.385. The number of nitrogens with one attached hydrogen (secondary N) is 1. The third-order valence-corrected chi connectivity index (χ3v) is 4.23. The lowest BCUT2D eigenvalue weighted by Crippen LogP contribution is -2.43. The Morgan fingerprint density at radius 1 is 1.35 bits per heavy atom. The van der Waals surface area contributed by atoms with Crippen molar-refractivity contribution in [3.05, 3.63) is 29.1 Å². The minimum Gasteiger partial charge on any atom is -0.307 e. The number of halogens is 1. The summed E-state index contributed by atoms with van der Waals surface area (Å²) in [6.07, 6.45) is 3.02. The average Bonchev–Trinajstić information content (AvgIpc) is 2.76. The third-order valence-electron chi connectivity index (χ3n) is 4.23.